The van der Waals surface area contributed by atoms with E-state index in [0.717, 1.165) is 23.4 Å². The normalized spacial score (nSPS) is 33.1. The van der Waals surface area contributed by atoms with Crippen molar-refractivity contribution in [1.29, 1.82) is 0 Å². The maximum atomic E-state index is 13.1. The first-order valence-corrected chi connectivity index (χ1v) is 14.3. The van der Waals surface area contributed by atoms with Crippen LogP contribution in [-0.4, -0.2) is 31.7 Å². The van der Waals surface area contributed by atoms with E-state index in [1.54, 1.807) is 30.3 Å². The van der Waals surface area contributed by atoms with Crippen molar-refractivity contribution in [3.8, 4) is 0 Å². The molecule has 5 aliphatic rings. The zero-order chi connectivity index (χ0) is 23.3. The van der Waals surface area contributed by atoms with E-state index in [2.05, 4.69) is 17.4 Å². The van der Waals surface area contributed by atoms with Crippen molar-refractivity contribution in [2.75, 3.05) is 18.4 Å². The molecule has 5 fully saturated rings. The fourth-order valence-corrected chi connectivity index (χ4v) is 9.28. The van der Waals surface area contributed by atoms with Gasteiger partial charge in [-0.3, -0.25) is 4.79 Å². The fourth-order valence-electron chi connectivity index (χ4n) is 7.73. The number of hydrogen-bond donors (Lipinski definition) is 1. The average molecular weight is 479 g/mol. The minimum Gasteiger partial charge on any atom is -0.326 e. The molecule has 4 saturated carbocycles. The first-order chi connectivity index (χ1) is 16.4. The van der Waals surface area contributed by atoms with E-state index in [0.29, 0.717) is 24.8 Å². The topological polar surface area (TPSA) is 66.5 Å². The fraction of sp³-hybridized carbons (Fsp3) is 0.536. The molecule has 2 aromatic carbocycles. The Morgan fingerprint density at radius 2 is 1.50 bits per heavy atom. The molecule has 1 amide bonds. The molecule has 0 radical (unpaired) electrons. The summed E-state index contributed by atoms with van der Waals surface area (Å²) in [5, 5.41) is 3.06. The molecule has 5 nitrogen and oxygen atoms in total. The lowest BCUT2D eigenvalue weighted by molar-refractivity contribution is -0.120. The SMILES string of the molecule is O=C(Nc1ccc(C23CC4CC(CC(C4)C2)C3)cc1)[C@H]1CCCN(S(=O)(=O)c2ccccc2)C1. The third-order valence-electron chi connectivity index (χ3n) is 8.94. The van der Waals surface area contributed by atoms with Gasteiger partial charge in [-0.25, -0.2) is 8.42 Å². The van der Waals surface area contributed by atoms with Gasteiger partial charge < -0.3 is 5.32 Å². The highest BCUT2D eigenvalue weighted by atomic mass is 32.2. The maximum absolute atomic E-state index is 13.1. The Bertz CT molecular complexity index is 1120. The van der Waals surface area contributed by atoms with Crippen LogP contribution in [0.4, 0.5) is 5.69 Å². The van der Waals surface area contributed by atoms with E-state index in [9.17, 15) is 13.2 Å². The molecule has 4 aliphatic carbocycles. The van der Waals surface area contributed by atoms with Crippen molar-refractivity contribution in [2.45, 2.75) is 61.7 Å². The van der Waals surface area contributed by atoms with Crippen LogP contribution in [-0.2, 0) is 20.2 Å². The number of piperidine rings is 1. The van der Waals surface area contributed by atoms with Gasteiger partial charge in [0.1, 0.15) is 0 Å². The molecular weight excluding hydrogens is 444 g/mol. The lowest BCUT2D eigenvalue weighted by Crippen LogP contribution is -2.48. The van der Waals surface area contributed by atoms with E-state index in [-0.39, 0.29) is 23.3 Å². The molecular formula is C28H34N2O3S. The zero-order valence-electron chi connectivity index (χ0n) is 19.7. The monoisotopic (exact) mass is 478 g/mol. The van der Waals surface area contributed by atoms with E-state index in [4.69, 9.17) is 0 Å². The second kappa shape index (κ2) is 8.49. The van der Waals surface area contributed by atoms with Gasteiger partial charge in [-0.1, -0.05) is 30.3 Å². The average Bonchev–Trinajstić information content (AvgIpc) is 2.84. The molecule has 1 N–H and O–H groups in total. The molecule has 1 aliphatic heterocycles. The molecule has 4 bridgehead atoms. The molecule has 0 spiro atoms. The summed E-state index contributed by atoms with van der Waals surface area (Å²) >= 11 is 0. The van der Waals surface area contributed by atoms with Gasteiger partial charge in [-0.15, -0.1) is 0 Å². The van der Waals surface area contributed by atoms with Crippen molar-refractivity contribution in [2.24, 2.45) is 23.7 Å². The van der Waals surface area contributed by atoms with Crippen LogP contribution in [0, 0.1) is 23.7 Å². The van der Waals surface area contributed by atoms with Crippen LogP contribution in [0.1, 0.15) is 56.9 Å². The van der Waals surface area contributed by atoms with Crippen LogP contribution < -0.4 is 5.32 Å². The molecule has 1 heterocycles. The minimum absolute atomic E-state index is 0.0875. The van der Waals surface area contributed by atoms with E-state index in [1.165, 1.54) is 48.4 Å². The summed E-state index contributed by atoms with van der Waals surface area (Å²) < 4.78 is 27.5. The number of benzene rings is 2. The van der Waals surface area contributed by atoms with E-state index in [1.807, 2.05) is 12.1 Å². The standard InChI is InChI=1S/C28H34N2O3S/c31-27(23-5-4-12-30(19-23)34(32,33)26-6-2-1-3-7-26)29-25-10-8-24(9-11-25)28-16-20-13-21(17-28)15-22(14-20)18-28/h1-3,6-11,20-23H,4-5,12-19H2,(H,29,31)/t20?,21?,22?,23-,28?/m0/s1. The minimum atomic E-state index is -3.58. The van der Waals surface area contributed by atoms with Gasteiger partial charge in [-0.2, -0.15) is 4.31 Å². The third-order valence-corrected chi connectivity index (χ3v) is 10.8. The highest BCUT2D eigenvalue weighted by molar-refractivity contribution is 7.89. The van der Waals surface area contributed by atoms with E-state index < -0.39 is 10.0 Å². The van der Waals surface area contributed by atoms with Crippen LogP contribution in [0.3, 0.4) is 0 Å². The number of sulfonamides is 1. The van der Waals surface area contributed by atoms with Crippen LogP contribution in [0.15, 0.2) is 59.5 Å². The molecule has 180 valence electrons. The largest absolute Gasteiger partial charge is 0.326 e. The second-order valence-corrected chi connectivity index (χ2v) is 13.2. The van der Waals surface area contributed by atoms with Crippen molar-refractivity contribution < 1.29 is 13.2 Å². The Morgan fingerprint density at radius 1 is 0.882 bits per heavy atom. The van der Waals surface area contributed by atoms with Gasteiger partial charge in [-0.05, 0) is 104 Å². The predicted molar refractivity (Wildman–Crippen MR) is 133 cm³/mol. The van der Waals surface area contributed by atoms with Crippen molar-refractivity contribution in [3.63, 3.8) is 0 Å². The summed E-state index contributed by atoms with van der Waals surface area (Å²) in [4.78, 5) is 13.3. The third kappa shape index (κ3) is 3.99. The Kier molecular flexibility index (Phi) is 5.57. The van der Waals surface area contributed by atoms with Gasteiger partial charge in [0.2, 0.25) is 15.9 Å². The van der Waals surface area contributed by atoms with Crippen molar-refractivity contribution in [3.05, 3.63) is 60.2 Å². The molecule has 0 unspecified atom stereocenters. The van der Waals surface area contributed by atoms with Gasteiger partial charge in [0.15, 0.2) is 0 Å². The number of nitrogens with one attached hydrogen (secondary N) is 1. The number of carbonyl (C=O) groups excluding carboxylic acids is 1. The Labute approximate surface area is 203 Å². The number of amides is 1. The van der Waals surface area contributed by atoms with Gasteiger partial charge in [0, 0.05) is 18.8 Å². The number of rotatable bonds is 5. The number of anilines is 1. The highest BCUT2D eigenvalue weighted by Gasteiger charge is 2.51. The van der Waals surface area contributed by atoms with Crippen LogP contribution >= 0.6 is 0 Å². The molecule has 0 aromatic heterocycles. The number of nitrogens with zero attached hydrogens (tertiary/aromatic N) is 1. The van der Waals surface area contributed by atoms with Gasteiger partial charge in [0.05, 0.1) is 10.8 Å². The lowest BCUT2D eigenvalue weighted by Gasteiger charge is -2.57. The highest BCUT2D eigenvalue weighted by Crippen LogP contribution is 2.60. The Hall–Kier alpha value is -2.18. The van der Waals surface area contributed by atoms with Gasteiger partial charge >= 0.3 is 0 Å². The summed E-state index contributed by atoms with van der Waals surface area (Å²) in [7, 11) is -3.58. The zero-order valence-corrected chi connectivity index (χ0v) is 20.5. The molecule has 6 heteroatoms. The smallest absolute Gasteiger partial charge is 0.243 e. The quantitative estimate of drug-likeness (QED) is 0.643. The van der Waals surface area contributed by atoms with Crippen LogP contribution in [0.2, 0.25) is 0 Å². The Balaban J connectivity index is 1.12. The second-order valence-electron chi connectivity index (χ2n) is 11.3. The summed E-state index contributed by atoms with van der Waals surface area (Å²) in [6.07, 6.45) is 9.70. The first-order valence-electron chi connectivity index (χ1n) is 12.9. The number of carbonyl (C=O) groups is 1. The number of hydrogen-bond acceptors (Lipinski definition) is 3. The van der Waals surface area contributed by atoms with Crippen molar-refractivity contribution in [1.82, 2.24) is 4.31 Å². The lowest BCUT2D eigenvalue weighted by atomic mass is 9.48. The molecule has 1 atom stereocenters. The van der Waals surface area contributed by atoms with Crippen LogP contribution in [0.25, 0.3) is 0 Å². The summed E-state index contributed by atoms with van der Waals surface area (Å²) in [6, 6.07) is 17.1. The molecule has 34 heavy (non-hydrogen) atoms. The van der Waals surface area contributed by atoms with Crippen LogP contribution in [0.5, 0.6) is 0 Å². The summed E-state index contributed by atoms with van der Waals surface area (Å²) in [5.41, 5.74) is 2.61. The molecule has 1 saturated heterocycles. The van der Waals surface area contributed by atoms with E-state index >= 15 is 0 Å². The predicted octanol–water partition coefficient (Wildman–Crippen LogP) is 5.19. The molecule has 7 rings (SSSR count). The van der Waals surface area contributed by atoms with Crippen molar-refractivity contribution >= 4 is 21.6 Å². The van der Waals surface area contributed by atoms with Gasteiger partial charge in [0.25, 0.3) is 0 Å². The first kappa shape index (κ1) is 22.3. The molecule has 2 aromatic rings. The summed E-state index contributed by atoms with van der Waals surface area (Å²) in [5.74, 6) is 2.30. The Morgan fingerprint density at radius 3 is 2.12 bits per heavy atom. The summed E-state index contributed by atoms with van der Waals surface area (Å²) in [6.45, 7) is 0.690. The maximum Gasteiger partial charge on any atom is 0.243 e.